The Morgan fingerprint density at radius 2 is 1.91 bits per heavy atom. The third kappa shape index (κ3) is 4.28. The van der Waals surface area contributed by atoms with Gasteiger partial charge in [0.15, 0.2) is 0 Å². The Labute approximate surface area is 131 Å². The van der Waals surface area contributed by atoms with Crippen LogP contribution in [-0.4, -0.2) is 21.4 Å². The van der Waals surface area contributed by atoms with Gasteiger partial charge in [0.1, 0.15) is 5.69 Å². The number of rotatable bonds is 4. The van der Waals surface area contributed by atoms with Gasteiger partial charge in [0.2, 0.25) is 5.95 Å². The number of hydrogen-bond acceptors (Lipinski definition) is 4. The molecule has 0 saturated carbocycles. The molecule has 22 heavy (non-hydrogen) atoms. The van der Waals surface area contributed by atoms with Gasteiger partial charge in [0, 0.05) is 17.4 Å². The van der Waals surface area contributed by atoms with E-state index in [1.807, 2.05) is 39.0 Å². The molecule has 2 N–H and O–H groups in total. The highest BCUT2D eigenvalue weighted by molar-refractivity contribution is 5.93. The molecule has 0 fully saturated rings. The van der Waals surface area contributed by atoms with E-state index in [2.05, 4.69) is 33.6 Å². The molecule has 5 nitrogen and oxygen atoms in total. The van der Waals surface area contributed by atoms with Crippen LogP contribution in [0.4, 0.5) is 11.6 Å². The molecular weight excluding hydrogens is 276 g/mol. The van der Waals surface area contributed by atoms with Crippen LogP contribution in [0.5, 0.6) is 0 Å². The number of carbonyl (C=O) groups excluding carboxylic acids is 1. The summed E-state index contributed by atoms with van der Waals surface area (Å²) in [6, 6.07) is 9.59. The van der Waals surface area contributed by atoms with E-state index in [9.17, 15) is 4.79 Å². The van der Waals surface area contributed by atoms with Gasteiger partial charge >= 0.3 is 0 Å². The third-order valence-electron chi connectivity index (χ3n) is 3.02. The van der Waals surface area contributed by atoms with Crippen LogP contribution in [0.25, 0.3) is 0 Å². The van der Waals surface area contributed by atoms with Crippen LogP contribution in [0, 0.1) is 0 Å². The van der Waals surface area contributed by atoms with Crippen molar-refractivity contribution in [3.63, 3.8) is 0 Å². The zero-order chi connectivity index (χ0) is 16.2. The van der Waals surface area contributed by atoms with Crippen molar-refractivity contribution in [3.8, 4) is 0 Å². The van der Waals surface area contributed by atoms with Crippen molar-refractivity contribution in [1.82, 2.24) is 15.3 Å². The van der Waals surface area contributed by atoms with E-state index in [1.165, 1.54) is 5.56 Å². The second-order valence-electron chi connectivity index (χ2n) is 6.11. The summed E-state index contributed by atoms with van der Waals surface area (Å²) in [6.45, 7) is 7.89. The molecule has 1 aromatic carbocycles. The molecule has 2 rings (SSSR count). The van der Waals surface area contributed by atoms with E-state index in [1.54, 1.807) is 12.3 Å². The van der Waals surface area contributed by atoms with Crippen LogP contribution in [-0.2, 0) is 6.42 Å². The number of hydrogen-bond donors (Lipinski definition) is 2. The second kappa shape index (κ2) is 6.56. The predicted molar refractivity (Wildman–Crippen MR) is 88.4 cm³/mol. The number of amides is 1. The summed E-state index contributed by atoms with van der Waals surface area (Å²) in [5.41, 5.74) is 2.18. The molecule has 116 valence electrons. The molecule has 0 unspecified atom stereocenters. The van der Waals surface area contributed by atoms with Gasteiger partial charge in [0.25, 0.3) is 5.91 Å². The zero-order valence-corrected chi connectivity index (χ0v) is 13.5. The first-order chi connectivity index (χ1) is 10.4. The maximum Gasteiger partial charge on any atom is 0.270 e. The highest BCUT2D eigenvalue weighted by Crippen LogP contribution is 2.19. The van der Waals surface area contributed by atoms with Gasteiger partial charge in [0.05, 0.1) is 0 Å². The molecule has 0 bridgehead atoms. The maximum absolute atomic E-state index is 12.2. The fourth-order valence-corrected chi connectivity index (χ4v) is 2.02. The first-order valence-electron chi connectivity index (χ1n) is 7.39. The minimum absolute atomic E-state index is 0.207. The molecule has 2 aromatic rings. The van der Waals surface area contributed by atoms with Crippen LogP contribution in [0.1, 0.15) is 43.7 Å². The van der Waals surface area contributed by atoms with Gasteiger partial charge in [-0.25, -0.2) is 9.97 Å². The van der Waals surface area contributed by atoms with Crippen LogP contribution >= 0.6 is 0 Å². The first-order valence-corrected chi connectivity index (χ1v) is 7.39. The second-order valence-corrected chi connectivity index (χ2v) is 6.11. The maximum atomic E-state index is 12.2. The Morgan fingerprint density at radius 1 is 1.18 bits per heavy atom. The molecule has 5 heteroatoms. The lowest BCUT2D eigenvalue weighted by Gasteiger charge is -2.20. The lowest BCUT2D eigenvalue weighted by Crippen LogP contribution is -2.41. The molecule has 0 radical (unpaired) electrons. The van der Waals surface area contributed by atoms with Crippen LogP contribution < -0.4 is 10.6 Å². The van der Waals surface area contributed by atoms with Crippen LogP contribution in [0.3, 0.4) is 0 Å². The molecule has 1 aromatic heterocycles. The van der Waals surface area contributed by atoms with E-state index in [0.29, 0.717) is 11.6 Å². The normalized spacial score (nSPS) is 11.1. The number of aromatic nitrogens is 2. The number of nitrogens with one attached hydrogen (secondary N) is 2. The fraction of sp³-hybridized carbons (Fsp3) is 0.353. The Bertz CT molecular complexity index is 662. The molecule has 0 aliphatic carbocycles. The van der Waals surface area contributed by atoms with Gasteiger partial charge in [-0.3, -0.25) is 4.79 Å². The zero-order valence-electron chi connectivity index (χ0n) is 13.5. The number of aryl methyl sites for hydroxylation is 1. The standard InChI is InChI=1S/C17H22N4O/c1-5-12-8-6-7-9-13(12)19-16-18-11-10-14(20-16)15(22)21-17(2,3)4/h6-11H,5H2,1-4H3,(H,21,22)(H,18,19,20). The third-order valence-corrected chi connectivity index (χ3v) is 3.02. The minimum atomic E-state index is -0.301. The lowest BCUT2D eigenvalue weighted by atomic mass is 10.1. The van der Waals surface area contributed by atoms with Crippen molar-refractivity contribution in [1.29, 1.82) is 0 Å². The van der Waals surface area contributed by atoms with E-state index in [4.69, 9.17) is 0 Å². The molecule has 0 spiro atoms. The van der Waals surface area contributed by atoms with E-state index >= 15 is 0 Å². The average molecular weight is 298 g/mol. The van der Waals surface area contributed by atoms with Gasteiger partial charge in [-0.05, 0) is 44.9 Å². The largest absolute Gasteiger partial charge is 0.346 e. The van der Waals surface area contributed by atoms with Gasteiger partial charge in [-0.15, -0.1) is 0 Å². The summed E-state index contributed by atoms with van der Waals surface area (Å²) >= 11 is 0. The first kappa shape index (κ1) is 15.9. The molecular formula is C17H22N4O. The molecule has 0 atom stereocenters. The summed E-state index contributed by atoms with van der Waals surface area (Å²) in [4.78, 5) is 20.6. The van der Waals surface area contributed by atoms with Crippen molar-refractivity contribution in [2.45, 2.75) is 39.7 Å². The molecule has 0 aliphatic rings. The fourth-order valence-electron chi connectivity index (χ4n) is 2.02. The van der Waals surface area contributed by atoms with Crippen molar-refractivity contribution >= 4 is 17.5 Å². The lowest BCUT2D eigenvalue weighted by molar-refractivity contribution is 0.0914. The van der Waals surface area contributed by atoms with Crippen LogP contribution in [0.2, 0.25) is 0 Å². The highest BCUT2D eigenvalue weighted by Gasteiger charge is 2.16. The van der Waals surface area contributed by atoms with Crippen molar-refractivity contribution in [3.05, 3.63) is 47.8 Å². The van der Waals surface area contributed by atoms with E-state index < -0.39 is 0 Å². The van der Waals surface area contributed by atoms with Crippen LogP contribution in [0.15, 0.2) is 36.5 Å². The topological polar surface area (TPSA) is 66.9 Å². The summed E-state index contributed by atoms with van der Waals surface area (Å²) in [5, 5.41) is 6.07. The van der Waals surface area contributed by atoms with E-state index in [-0.39, 0.29) is 11.4 Å². The van der Waals surface area contributed by atoms with Gasteiger partial charge in [-0.1, -0.05) is 25.1 Å². The quantitative estimate of drug-likeness (QED) is 0.908. The van der Waals surface area contributed by atoms with Gasteiger partial charge < -0.3 is 10.6 Å². The van der Waals surface area contributed by atoms with Gasteiger partial charge in [-0.2, -0.15) is 0 Å². The molecule has 1 amide bonds. The van der Waals surface area contributed by atoms with Crippen molar-refractivity contribution < 1.29 is 4.79 Å². The number of anilines is 2. The SMILES string of the molecule is CCc1ccccc1Nc1nccc(C(=O)NC(C)(C)C)n1. The molecule has 1 heterocycles. The summed E-state index contributed by atoms with van der Waals surface area (Å²) < 4.78 is 0. The molecule has 0 saturated heterocycles. The Morgan fingerprint density at radius 3 is 2.59 bits per heavy atom. The highest BCUT2D eigenvalue weighted by atomic mass is 16.2. The van der Waals surface area contributed by atoms with Crippen molar-refractivity contribution in [2.24, 2.45) is 0 Å². The average Bonchev–Trinajstić information content (AvgIpc) is 2.46. The number of benzene rings is 1. The number of para-hydroxylation sites is 1. The minimum Gasteiger partial charge on any atom is -0.346 e. The predicted octanol–water partition coefficient (Wildman–Crippen LogP) is 3.31. The summed E-state index contributed by atoms with van der Waals surface area (Å²) in [7, 11) is 0. The Balaban J connectivity index is 2.20. The Kier molecular flexibility index (Phi) is 4.75. The monoisotopic (exact) mass is 298 g/mol. The number of carbonyl (C=O) groups is 1. The molecule has 0 aliphatic heterocycles. The Hall–Kier alpha value is -2.43. The number of nitrogens with zero attached hydrogens (tertiary/aromatic N) is 2. The summed E-state index contributed by atoms with van der Waals surface area (Å²) in [5.74, 6) is 0.212. The van der Waals surface area contributed by atoms with E-state index in [0.717, 1.165) is 12.1 Å². The van der Waals surface area contributed by atoms with Crippen molar-refractivity contribution in [2.75, 3.05) is 5.32 Å². The smallest absolute Gasteiger partial charge is 0.270 e. The summed E-state index contributed by atoms with van der Waals surface area (Å²) in [6.07, 6.45) is 2.49.